The highest BCUT2D eigenvalue weighted by molar-refractivity contribution is 9.10. The lowest BCUT2D eigenvalue weighted by Gasteiger charge is -2.08. The Balaban J connectivity index is 2.35. The van der Waals surface area contributed by atoms with E-state index in [-0.39, 0.29) is 0 Å². The van der Waals surface area contributed by atoms with Crippen LogP contribution < -0.4 is 0 Å². The summed E-state index contributed by atoms with van der Waals surface area (Å²) >= 11 is 10.9. The Hall–Kier alpha value is -0.350. The molecule has 1 aromatic carbocycles. The highest BCUT2D eigenvalue weighted by atomic mass is 79.9. The van der Waals surface area contributed by atoms with E-state index < -0.39 is 6.10 Å². The van der Waals surface area contributed by atoms with Crippen molar-refractivity contribution < 1.29 is 5.11 Å². The lowest BCUT2D eigenvalue weighted by atomic mass is 10.1. The van der Waals surface area contributed by atoms with Gasteiger partial charge in [-0.2, -0.15) is 0 Å². The van der Waals surface area contributed by atoms with Gasteiger partial charge in [-0.3, -0.25) is 0 Å². The van der Waals surface area contributed by atoms with Crippen molar-refractivity contribution in [3.63, 3.8) is 0 Å². The van der Waals surface area contributed by atoms with Crippen molar-refractivity contribution >= 4 is 38.9 Å². The quantitative estimate of drug-likeness (QED) is 0.861. The highest BCUT2D eigenvalue weighted by Crippen LogP contribution is 2.34. The zero-order valence-corrected chi connectivity index (χ0v) is 11.7. The van der Waals surface area contributed by atoms with E-state index in [0.29, 0.717) is 5.02 Å². The molecule has 1 atom stereocenters. The second-order valence-corrected chi connectivity index (χ2v) is 6.09. The van der Waals surface area contributed by atoms with Crippen LogP contribution in [0.1, 0.15) is 21.4 Å². The summed E-state index contributed by atoms with van der Waals surface area (Å²) in [6.45, 7) is 2.02. The van der Waals surface area contributed by atoms with E-state index in [1.54, 1.807) is 23.5 Å². The Labute approximate surface area is 112 Å². The van der Waals surface area contributed by atoms with Crippen LogP contribution in [-0.2, 0) is 0 Å². The molecular weight excluding hydrogens is 308 g/mol. The number of thiophene rings is 1. The average Bonchev–Trinajstić information content (AvgIpc) is 2.58. The Kier molecular flexibility index (Phi) is 3.70. The summed E-state index contributed by atoms with van der Waals surface area (Å²) in [6, 6.07) is 9.25. The molecule has 0 radical (unpaired) electrons. The van der Waals surface area contributed by atoms with Gasteiger partial charge < -0.3 is 5.11 Å². The molecule has 1 aromatic heterocycles. The Morgan fingerprint density at radius 2 is 2.12 bits per heavy atom. The predicted molar refractivity (Wildman–Crippen MR) is 72.3 cm³/mol. The number of aryl methyl sites for hydroxylation is 1. The average molecular weight is 318 g/mol. The third-order valence-corrected chi connectivity index (χ3v) is 4.73. The second kappa shape index (κ2) is 4.88. The second-order valence-electron chi connectivity index (χ2n) is 3.51. The van der Waals surface area contributed by atoms with Gasteiger partial charge in [0.25, 0.3) is 0 Å². The van der Waals surface area contributed by atoms with E-state index in [1.165, 1.54) is 0 Å². The summed E-state index contributed by atoms with van der Waals surface area (Å²) in [4.78, 5) is 2.09. The van der Waals surface area contributed by atoms with E-state index in [1.807, 2.05) is 25.1 Å². The van der Waals surface area contributed by atoms with Gasteiger partial charge in [-0.1, -0.05) is 23.7 Å². The van der Waals surface area contributed by atoms with Crippen molar-refractivity contribution in [3.05, 3.63) is 55.1 Å². The molecule has 1 N–H and O–H groups in total. The van der Waals surface area contributed by atoms with E-state index in [2.05, 4.69) is 15.9 Å². The van der Waals surface area contributed by atoms with Gasteiger partial charge in [-0.25, -0.2) is 0 Å². The monoisotopic (exact) mass is 316 g/mol. The smallest absolute Gasteiger partial charge is 0.113 e. The Bertz CT molecular complexity index is 490. The van der Waals surface area contributed by atoms with Crippen molar-refractivity contribution in [3.8, 4) is 0 Å². The predicted octanol–water partition coefficient (Wildman–Crippen LogP) is 4.55. The summed E-state index contributed by atoms with van der Waals surface area (Å²) in [7, 11) is 0. The van der Waals surface area contributed by atoms with E-state index in [9.17, 15) is 5.11 Å². The van der Waals surface area contributed by atoms with Gasteiger partial charge >= 0.3 is 0 Å². The molecule has 0 aliphatic carbocycles. The van der Waals surface area contributed by atoms with E-state index in [4.69, 9.17) is 11.6 Å². The number of rotatable bonds is 2. The summed E-state index contributed by atoms with van der Waals surface area (Å²) in [5.41, 5.74) is 0.821. The molecule has 0 amide bonds. The van der Waals surface area contributed by atoms with Gasteiger partial charge in [0.15, 0.2) is 0 Å². The number of benzene rings is 1. The van der Waals surface area contributed by atoms with Crippen LogP contribution in [0.4, 0.5) is 0 Å². The van der Waals surface area contributed by atoms with E-state index in [0.717, 1.165) is 19.8 Å². The molecule has 1 unspecified atom stereocenters. The molecule has 16 heavy (non-hydrogen) atoms. The van der Waals surface area contributed by atoms with Crippen molar-refractivity contribution in [2.75, 3.05) is 0 Å². The molecule has 2 rings (SSSR count). The molecule has 4 heteroatoms. The third kappa shape index (κ3) is 2.48. The lowest BCUT2D eigenvalue weighted by Crippen LogP contribution is -1.96. The summed E-state index contributed by atoms with van der Waals surface area (Å²) in [6.07, 6.45) is -0.603. The molecule has 0 fully saturated rings. The van der Waals surface area contributed by atoms with Crippen molar-refractivity contribution in [1.82, 2.24) is 0 Å². The van der Waals surface area contributed by atoms with Gasteiger partial charge in [0, 0.05) is 19.2 Å². The molecule has 0 aliphatic heterocycles. The lowest BCUT2D eigenvalue weighted by molar-refractivity contribution is 0.224. The van der Waals surface area contributed by atoms with Gasteiger partial charge in [0.2, 0.25) is 0 Å². The SMILES string of the molecule is Cc1sc(C(O)c2cccc(Cl)c2)cc1Br. The standard InChI is InChI=1S/C12H10BrClOS/c1-7-10(13)6-11(16-7)12(15)8-3-2-4-9(14)5-8/h2-6,12,15H,1H3. The fraction of sp³-hybridized carbons (Fsp3) is 0.167. The first-order valence-corrected chi connectivity index (χ1v) is 6.76. The minimum atomic E-state index is -0.603. The van der Waals surface area contributed by atoms with Crippen LogP contribution in [0, 0.1) is 6.92 Å². The fourth-order valence-electron chi connectivity index (χ4n) is 1.46. The Morgan fingerprint density at radius 3 is 2.69 bits per heavy atom. The molecule has 2 aromatic rings. The summed E-state index contributed by atoms with van der Waals surface area (Å²) in [5.74, 6) is 0. The number of aliphatic hydroxyl groups is 1. The maximum atomic E-state index is 10.2. The van der Waals surface area contributed by atoms with Crippen LogP contribution in [-0.4, -0.2) is 5.11 Å². The van der Waals surface area contributed by atoms with Crippen molar-refractivity contribution in [1.29, 1.82) is 0 Å². The van der Waals surface area contributed by atoms with Gasteiger partial charge in [0.05, 0.1) is 0 Å². The Morgan fingerprint density at radius 1 is 1.38 bits per heavy atom. The summed E-state index contributed by atoms with van der Waals surface area (Å²) < 4.78 is 1.04. The molecule has 0 saturated heterocycles. The zero-order chi connectivity index (χ0) is 11.7. The maximum absolute atomic E-state index is 10.2. The fourth-order valence-corrected chi connectivity index (χ4v) is 3.23. The largest absolute Gasteiger partial charge is 0.383 e. The molecule has 0 spiro atoms. The molecule has 1 nitrogen and oxygen atoms in total. The first-order chi connectivity index (χ1) is 7.58. The minimum absolute atomic E-state index is 0.603. The molecule has 84 valence electrons. The van der Waals surface area contributed by atoms with E-state index >= 15 is 0 Å². The normalized spacial score (nSPS) is 12.8. The van der Waals surface area contributed by atoms with Crippen molar-refractivity contribution in [2.45, 2.75) is 13.0 Å². The van der Waals surface area contributed by atoms with Crippen LogP contribution in [0.25, 0.3) is 0 Å². The van der Waals surface area contributed by atoms with Gasteiger partial charge in [-0.15, -0.1) is 11.3 Å². The van der Waals surface area contributed by atoms with Crippen LogP contribution in [0.2, 0.25) is 5.02 Å². The molecule has 0 saturated carbocycles. The molecular formula is C12H10BrClOS. The van der Waals surface area contributed by atoms with Gasteiger partial charge in [-0.05, 0) is 46.6 Å². The maximum Gasteiger partial charge on any atom is 0.113 e. The minimum Gasteiger partial charge on any atom is -0.383 e. The first kappa shape index (κ1) is 12.1. The summed E-state index contributed by atoms with van der Waals surface area (Å²) in [5, 5.41) is 10.8. The topological polar surface area (TPSA) is 20.2 Å². The van der Waals surface area contributed by atoms with Crippen molar-refractivity contribution in [2.24, 2.45) is 0 Å². The molecule has 0 bridgehead atoms. The van der Waals surface area contributed by atoms with Crippen LogP contribution in [0.3, 0.4) is 0 Å². The number of halogens is 2. The number of hydrogen-bond acceptors (Lipinski definition) is 2. The highest BCUT2D eigenvalue weighted by Gasteiger charge is 2.14. The number of hydrogen-bond donors (Lipinski definition) is 1. The van der Waals surface area contributed by atoms with Gasteiger partial charge in [0.1, 0.15) is 6.10 Å². The number of aliphatic hydroxyl groups excluding tert-OH is 1. The molecule has 0 aliphatic rings. The van der Waals surface area contributed by atoms with Crippen LogP contribution in [0.5, 0.6) is 0 Å². The third-order valence-electron chi connectivity index (χ3n) is 2.31. The first-order valence-electron chi connectivity index (χ1n) is 4.77. The molecule has 1 heterocycles. The van der Waals surface area contributed by atoms with Crippen LogP contribution in [0.15, 0.2) is 34.8 Å². The van der Waals surface area contributed by atoms with Crippen LogP contribution >= 0.6 is 38.9 Å². The zero-order valence-electron chi connectivity index (χ0n) is 8.58.